The third-order valence-corrected chi connectivity index (χ3v) is 2.42. The molecule has 20 heavy (non-hydrogen) atoms. The van der Waals surface area contributed by atoms with Gasteiger partial charge in [0.2, 0.25) is 0 Å². The molecule has 0 heterocycles. The number of carboxylic acid groups (broad SMARTS) is 1. The second-order valence-corrected chi connectivity index (χ2v) is 4.89. The Morgan fingerprint density at radius 3 is 2.60 bits per heavy atom. The fourth-order valence-electron chi connectivity index (χ4n) is 1.66. The van der Waals surface area contributed by atoms with Gasteiger partial charge < -0.3 is 20.5 Å². The lowest BCUT2D eigenvalue weighted by Gasteiger charge is -2.25. The summed E-state index contributed by atoms with van der Waals surface area (Å²) in [5.41, 5.74) is -0.940. The summed E-state index contributed by atoms with van der Waals surface area (Å²) in [7, 11) is 1.50. The topological polar surface area (TPSA) is 87.7 Å². The monoisotopic (exact) mass is 284 g/mol. The summed E-state index contributed by atoms with van der Waals surface area (Å²) in [5.74, 6) is -1.89. The first-order chi connectivity index (χ1) is 9.25. The summed E-state index contributed by atoms with van der Waals surface area (Å²) in [6.07, 6.45) is 0. The molecule has 0 saturated heterocycles. The quantitative estimate of drug-likeness (QED) is 0.772. The van der Waals surface area contributed by atoms with E-state index in [-0.39, 0.29) is 17.9 Å². The van der Waals surface area contributed by atoms with Gasteiger partial charge in [-0.15, -0.1) is 0 Å². The van der Waals surface area contributed by atoms with Gasteiger partial charge >= 0.3 is 12.0 Å². The average Bonchev–Trinajstić information content (AvgIpc) is 2.26. The highest BCUT2D eigenvalue weighted by molar-refractivity contribution is 6.00. The van der Waals surface area contributed by atoms with Crippen LogP contribution >= 0.6 is 0 Å². The highest BCUT2D eigenvalue weighted by atomic mass is 19.1. The van der Waals surface area contributed by atoms with E-state index in [0.29, 0.717) is 0 Å². The predicted molar refractivity (Wildman–Crippen MR) is 71.5 cm³/mol. The first kappa shape index (κ1) is 15.9. The van der Waals surface area contributed by atoms with Crippen LogP contribution in [0.2, 0.25) is 0 Å². The zero-order chi connectivity index (χ0) is 15.3. The molecule has 0 saturated carbocycles. The first-order valence-electron chi connectivity index (χ1n) is 5.86. The molecule has 6 nitrogen and oxygen atoms in total. The number of benzene rings is 1. The second-order valence-electron chi connectivity index (χ2n) is 4.89. The molecule has 2 amide bonds. The highest BCUT2D eigenvalue weighted by Gasteiger charge is 2.21. The number of carbonyl (C=O) groups is 2. The number of carbonyl (C=O) groups excluding carboxylic acids is 1. The third-order valence-electron chi connectivity index (χ3n) is 2.42. The van der Waals surface area contributed by atoms with E-state index >= 15 is 0 Å². The van der Waals surface area contributed by atoms with Gasteiger partial charge in [-0.1, -0.05) is 0 Å². The van der Waals surface area contributed by atoms with Crippen LogP contribution in [0.4, 0.5) is 14.9 Å². The number of nitrogens with one attached hydrogen (secondary N) is 2. The lowest BCUT2D eigenvalue weighted by atomic mass is 10.1. The molecule has 0 radical (unpaired) electrons. The van der Waals surface area contributed by atoms with Gasteiger partial charge in [-0.25, -0.2) is 14.0 Å². The van der Waals surface area contributed by atoms with Crippen molar-refractivity contribution in [1.82, 2.24) is 5.32 Å². The second kappa shape index (κ2) is 6.33. The molecule has 7 heteroatoms. The van der Waals surface area contributed by atoms with Gasteiger partial charge in [-0.3, -0.25) is 0 Å². The molecule has 0 bridgehead atoms. The molecule has 0 unspecified atom stereocenters. The summed E-state index contributed by atoms with van der Waals surface area (Å²) >= 11 is 0. The van der Waals surface area contributed by atoms with Crippen molar-refractivity contribution < 1.29 is 23.8 Å². The van der Waals surface area contributed by atoms with Crippen LogP contribution in [0.15, 0.2) is 18.2 Å². The smallest absolute Gasteiger partial charge is 0.337 e. The third kappa shape index (κ3) is 4.51. The van der Waals surface area contributed by atoms with Crippen molar-refractivity contribution in [3.63, 3.8) is 0 Å². The van der Waals surface area contributed by atoms with Crippen LogP contribution in [0.5, 0.6) is 0 Å². The molecule has 0 atom stereocenters. The predicted octanol–water partition coefficient (Wildman–Crippen LogP) is 2.07. The minimum absolute atomic E-state index is 0.108. The Morgan fingerprint density at radius 1 is 1.40 bits per heavy atom. The van der Waals surface area contributed by atoms with Crippen LogP contribution in [0.3, 0.4) is 0 Å². The number of carboxylic acids is 1. The normalized spacial score (nSPS) is 11.0. The molecule has 0 aromatic heterocycles. The number of hydrogen-bond donors (Lipinski definition) is 3. The maximum absolute atomic E-state index is 13.1. The van der Waals surface area contributed by atoms with E-state index in [1.807, 2.05) is 0 Å². The molecule has 1 aromatic carbocycles. The van der Waals surface area contributed by atoms with E-state index in [4.69, 9.17) is 9.84 Å². The summed E-state index contributed by atoms with van der Waals surface area (Å²) < 4.78 is 18.1. The highest BCUT2D eigenvalue weighted by Crippen LogP contribution is 2.17. The van der Waals surface area contributed by atoms with Crippen LogP contribution in [0.1, 0.15) is 24.2 Å². The molecule has 0 fully saturated rings. The molecule has 0 aliphatic carbocycles. The van der Waals surface area contributed by atoms with E-state index in [2.05, 4.69) is 10.6 Å². The van der Waals surface area contributed by atoms with Gasteiger partial charge in [-0.2, -0.15) is 0 Å². The van der Waals surface area contributed by atoms with Gasteiger partial charge in [0.1, 0.15) is 5.82 Å². The number of halogens is 1. The van der Waals surface area contributed by atoms with Gasteiger partial charge in [0.05, 0.1) is 23.4 Å². The summed E-state index contributed by atoms with van der Waals surface area (Å²) in [6, 6.07) is 2.42. The summed E-state index contributed by atoms with van der Waals surface area (Å²) in [5, 5.41) is 13.9. The van der Waals surface area contributed by atoms with Crippen molar-refractivity contribution in [3.8, 4) is 0 Å². The number of methoxy groups -OCH3 is 1. The number of hydrogen-bond acceptors (Lipinski definition) is 3. The Kier molecular flexibility index (Phi) is 5.04. The maximum atomic E-state index is 13.1. The van der Waals surface area contributed by atoms with Crippen LogP contribution in [0.25, 0.3) is 0 Å². The van der Waals surface area contributed by atoms with Gasteiger partial charge in [-0.05, 0) is 32.0 Å². The Hall–Kier alpha value is -2.15. The van der Waals surface area contributed by atoms with E-state index in [9.17, 15) is 14.0 Å². The van der Waals surface area contributed by atoms with E-state index < -0.39 is 23.4 Å². The average molecular weight is 284 g/mol. The van der Waals surface area contributed by atoms with E-state index in [1.54, 1.807) is 13.8 Å². The van der Waals surface area contributed by atoms with Crippen molar-refractivity contribution in [2.45, 2.75) is 19.4 Å². The van der Waals surface area contributed by atoms with Gasteiger partial charge in [0, 0.05) is 7.11 Å². The number of aromatic carboxylic acids is 1. The van der Waals surface area contributed by atoms with Crippen molar-refractivity contribution >= 4 is 17.7 Å². The Bertz CT molecular complexity index is 517. The minimum Gasteiger partial charge on any atom is -0.478 e. The van der Waals surface area contributed by atoms with Gasteiger partial charge in [0.25, 0.3) is 0 Å². The van der Waals surface area contributed by atoms with E-state index in [1.165, 1.54) is 7.11 Å². The SMILES string of the molecule is COCC(C)(C)NC(=O)Nc1cc(F)ccc1C(=O)O. The Morgan fingerprint density at radius 2 is 2.05 bits per heavy atom. The number of urea groups is 1. The summed E-state index contributed by atoms with van der Waals surface area (Å²) in [4.78, 5) is 22.8. The van der Waals surface area contributed by atoms with Crippen LogP contribution < -0.4 is 10.6 Å². The molecular formula is C13H17FN2O4. The first-order valence-corrected chi connectivity index (χ1v) is 5.86. The van der Waals surface area contributed by atoms with E-state index in [0.717, 1.165) is 18.2 Å². The van der Waals surface area contributed by atoms with Crippen LogP contribution in [-0.2, 0) is 4.74 Å². The zero-order valence-corrected chi connectivity index (χ0v) is 11.5. The summed E-state index contributed by atoms with van der Waals surface area (Å²) in [6.45, 7) is 3.74. The molecular weight excluding hydrogens is 267 g/mol. The minimum atomic E-state index is -1.25. The molecule has 0 spiro atoms. The van der Waals surface area contributed by atoms with Crippen molar-refractivity contribution in [2.75, 3.05) is 19.0 Å². The molecule has 110 valence electrons. The molecule has 1 aromatic rings. The molecule has 0 aliphatic rings. The van der Waals surface area contributed by atoms with Crippen molar-refractivity contribution in [2.24, 2.45) is 0 Å². The van der Waals surface area contributed by atoms with Crippen LogP contribution in [-0.4, -0.2) is 36.4 Å². The number of amides is 2. The number of ether oxygens (including phenoxy) is 1. The number of anilines is 1. The van der Waals surface area contributed by atoms with Gasteiger partial charge in [0.15, 0.2) is 0 Å². The Balaban J connectivity index is 2.85. The zero-order valence-electron chi connectivity index (χ0n) is 11.5. The Labute approximate surface area is 115 Å². The standard InChI is InChI=1S/C13H17FN2O4/c1-13(2,7-20-3)16-12(19)15-10-6-8(14)4-5-9(10)11(17)18/h4-6H,7H2,1-3H3,(H,17,18)(H2,15,16,19). The van der Waals surface area contributed by atoms with Crippen LogP contribution in [0, 0.1) is 5.82 Å². The lowest BCUT2D eigenvalue weighted by Crippen LogP contribution is -2.48. The fraction of sp³-hybridized carbons (Fsp3) is 0.385. The molecule has 3 N–H and O–H groups in total. The molecule has 1 rings (SSSR count). The lowest BCUT2D eigenvalue weighted by molar-refractivity contribution is 0.0698. The molecule has 0 aliphatic heterocycles. The number of rotatable bonds is 5. The van der Waals surface area contributed by atoms with Crippen molar-refractivity contribution in [1.29, 1.82) is 0 Å². The maximum Gasteiger partial charge on any atom is 0.337 e. The largest absolute Gasteiger partial charge is 0.478 e. The fourth-order valence-corrected chi connectivity index (χ4v) is 1.66. The van der Waals surface area contributed by atoms with Crippen molar-refractivity contribution in [3.05, 3.63) is 29.6 Å².